The molecule has 0 fully saturated rings. The number of hydrogen-bond acceptors (Lipinski definition) is 3. The largest absolute Gasteiger partial charge is 0.491 e. The van der Waals surface area contributed by atoms with Crippen molar-refractivity contribution >= 4 is 5.91 Å². The second kappa shape index (κ2) is 7.97. The standard InChI is InChI=1S/C20H25NO3/c1-15(2)24-18-12-8-7-9-16(18)14-21-19(22)13-20(3,23)17-10-5-4-6-11-17/h4-12,15,23H,13-14H2,1-3H3,(H,21,22). The Hall–Kier alpha value is -2.33. The molecule has 2 rings (SSSR count). The topological polar surface area (TPSA) is 58.6 Å². The average Bonchev–Trinajstić information content (AvgIpc) is 2.54. The monoisotopic (exact) mass is 327 g/mol. The average molecular weight is 327 g/mol. The minimum absolute atomic E-state index is 0.00418. The lowest BCUT2D eigenvalue weighted by Gasteiger charge is -2.23. The van der Waals surface area contributed by atoms with Crippen LogP contribution in [0.5, 0.6) is 5.75 Å². The number of nitrogens with one attached hydrogen (secondary N) is 1. The van der Waals surface area contributed by atoms with Crippen LogP contribution in [-0.4, -0.2) is 17.1 Å². The van der Waals surface area contributed by atoms with E-state index in [2.05, 4.69) is 5.32 Å². The van der Waals surface area contributed by atoms with Crippen LogP contribution in [0.15, 0.2) is 54.6 Å². The molecule has 0 radical (unpaired) electrons. The van der Waals surface area contributed by atoms with Crippen molar-refractivity contribution in [3.8, 4) is 5.75 Å². The number of carbonyl (C=O) groups is 1. The lowest BCUT2D eigenvalue weighted by Crippen LogP contribution is -2.32. The summed E-state index contributed by atoms with van der Waals surface area (Å²) in [4.78, 5) is 12.2. The van der Waals surface area contributed by atoms with Crippen LogP contribution in [0.3, 0.4) is 0 Å². The highest BCUT2D eigenvalue weighted by molar-refractivity contribution is 5.77. The van der Waals surface area contributed by atoms with Crippen molar-refractivity contribution in [3.63, 3.8) is 0 Å². The second-order valence-corrected chi connectivity index (χ2v) is 6.37. The minimum Gasteiger partial charge on any atom is -0.491 e. The third kappa shape index (κ3) is 5.10. The Morgan fingerprint density at radius 1 is 1.12 bits per heavy atom. The van der Waals surface area contributed by atoms with Crippen LogP contribution >= 0.6 is 0 Å². The number of hydrogen-bond donors (Lipinski definition) is 2. The normalized spacial score (nSPS) is 13.4. The van der Waals surface area contributed by atoms with E-state index in [0.29, 0.717) is 6.54 Å². The van der Waals surface area contributed by atoms with Gasteiger partial charge < -0.3 is 15.2 Å². The van der Waals surface area contributed by atoms with E-state index in [0.717, 1.165) is 16.9 Å². The van der Waals surface area contributed by atoms with Crippen molar-refractivity contribution in [1.82, 2.24) is 5.32 Å². The van der Waals surface area contributed by atoms with E-state index in [1.165, 1.54) is 0 Å². The molecule has 0 aliphatic rings. The van der Waals surface area contributed by atoms with Crippen molar-refractivity contribution < 1.29 is 14.6 Å². The summed E-state index contributed by atoms with van der Waals surface area (Å²) < 4.78 is 5.75. The van der Waals surface area contributed by atoms with Gasteiger partial charge in [-0.1, -0.05) is 48.5 Å². The number of carbonyl (C=O) groups excluding carboxylic acids is 1. The zero-order chi connectivity index (χ0) is 17.6. The van der Waals surface area contributed by atoms with E-state index in [-0.39, 0.29) is 18.4 Å². The summed E-state index contributed by atoms with van der Waals surface area (Å²) in [7, 11) is 0. The predicted octanol–water partition coefficient (Wildman–Crippen LogP) is 3.39. The molecule has 0 saturated carbocycles. The molecule has 4 nitrogen and oxygen atoms in total. The van der Waals surface area contributed by atoms with Crippen LogP contribution in [0, 0.1) is 0 Å². The van der Waals surface area contributed by atoms with Crippen LogP contribution in [-0.2, 0) is 16.9 Å². The molecular weight excluding hydrogens is 302 g/mol. The van der Waals surface area contributed by atoms with Crippen molar-refractivity contribution in [3.05, 3.63) is 65.7 Å². The van der Waals surface area contributed by atoms with E-state index in [9.17, 15) is 9.90 Å². The molecule has 0 heterocycles. The van der Waals surface area contributed by atoms with Gasteiger partial charge in [0.2, 0.25) is 5.91 Å². The van der Waals surface area contributed by atoms with Gasteiger partial charge in [0.05, 0.1) is 18.1 Å². The van der Waals surface area contributed by atoms with E-state index < -0.39 is 5.60 Å². The Labute approximate surface area is 143 Å². The third-order valence-electron chi connectivity index (χ3n) is 3.71. The quantitative estimate of drug-likeness (QED) is 0.819. The number of aliphatic hydroxyl groups is 1. The number of rotatable bonds is 7. The molecule has 0 saturated heterocycles. The molecule has 1 unspecified atom stereocenters. The summed E-state index contributed by atoms with van der Waals surface area (Å²) >= 11 is 0. The van der Waals surface area contributed by atoms with Crippen molar-refractivity contribution in [2.24, 2.45) is 0 Å². The fourth-order valence-corrected chi connectivity index (χ4v) is 2.49. The highest BCUT2D eigenvalue weighted by Gasteiger charge is 2.26. The summed E-state index contributed by atoms with van der Waals surface area (Å²) in [6.07, 6.45) is 0.0742. The molecular formula is C20H25NO3. The molecule has 1 atom stereocenters. The first-order valence-electron chi connectivity index (χ1n) is 8.17. The first-order valence-corrected chi connectivity index (χ1v) is 8.17. The van der Waals surface area contributed by atoms with Gasteiger partial charge >= 0.3 is 0 Å². The molecule has 2 aromatic carbocycles. The molecule has 0 aliphatic heterocycles. The molecule has 0 aromatic heterocycles. The van der Waals surface area contributed by atoms with Gasteiger partial charge in [-0.3, -0.25) is 4.79 Å². The molecule has 0 spiro atoms. The lowest BCUT2D eigenvalue weighted by atomic mass is 9.92. The van der Waals surface area contributed by atoms with Gasteiger partial charge in [-0.25, -0.2) is 0 Å². The maximum atomic E-state index is 12.2. The maximum Gasteiger partial charge on any atom is 0.223 e. The van der Waals surface area contributed by atoms with Crippen LogP contribution in [0.4, 0.5) is 0 Å². The van der Waals surface area contributed by atoms with E-state index in [1.54, 1.807) is 6.92 Å². The molecule has 2 N–H and O–H groups in total. The van der Waals surface area contributed by atoms with E-state index in [1.807, 2.05) is 68.4 Å². The fraction of sp³-hybridized carbons (Fsp3) is 0.350. The van der Waals surface area contributed by atoms with Gasteiger partial charge in [-0.2, -0.15) is 0 Å². The van der Waals surface area contributed by atoms with Gasteiger partial charge in [0, 0.05) is 12.1 Å². The zero-order valence-electron chi connectivity index (χ0n) is 14.5. The number of amides is 1. The zero-order valence-corrected chi connectivity index (χ0v) is 14.5. The summed E-state index contributed by atoms with van der Waals surface area (Å²) in [5.74, 6) is 0.561. The Bertz CT molecular complexity index is 666. The lowest BCUT2D eigenvalue weighted by molar-refractivity contribution is -0.126. The van der Waals surface area contributed by atoms with Crippen LogP contribution < -0.4 is 10.1 Å². The molecule has 1 amide bonds. The Morgan fingerprint density at radius 2 is 1.75 bits per heavy atom. The molecule has 2 aromatic rings. The summed E-state index contributed by atoms with van der Waals surface area (Å²) in [6, 6.07) is 16.8. The van der Waals surface area contributed by atoms with E-state index in [4.69, 9.17) is 4.74 Å². The molecule has 24 heavy (non-hydrogen) atoms. The Kier molecular flexibility index (Phi) is 5.99. The van der Waals surface area contributed by atoms with Crippen molar-refractivity contribution in [2.75, 3.05) is 0 Å². The van der Waals surface area contributed by atoms with Crippen LogP contribution in [0.2, 0.25) is 0 Å². The van der Waals surface area contributed by atoms with Crippen molar-refractivity contribution in [2.45, 2.75) is 45.4 Å². The fourth-order valence-electron chi connectivity index (χ4n) is 2.49. The SMILES string of the molecule is CC(C)Oc1ccccc1CNC(=O)CC(C)(O)c1ccccc1. The van der Waals surface area contributed by atoms with Gasteiger partial charge in [-0.15, -0.1) is 0 Å². The molecule has 0 aliphatic carbocycles. The highest BCUT2D eigenvalue weighted by atomic mass is 16.5. The van der Waals surface area contributed by atoms with Crippen molar-refractivity contribution in [1.29, 1.82) is 0 Å². The number of benzene rings is 2. The molecule has 128 valence electrons. The summed E-state index contributed by atoms with van der Waals surface area (Å²) in [5, 5.41) is 13.4. The van der Waals surface area contributed by atoms with E-state index >= 15 is 0 Å². The maximum absolute atomic E-state index is 12.2. The molecule has 4 heteroatoms. The first-order chi connectivity index (χ1) is 11.4. The van der Waals surface area contributed by atoms with Gasteiger partial charge in [0.25, 0.3) is 0 Å². The minimum atomic E-state index is -1.20. The number of para-hydroxylation sites is 1. The Balaban J connectivity index is 1.97. The smallest absolute Gasteiger partial charge is 0.223 e. The van der Waals surface area contributed by atoms with Crippen LogP contribution in [0.1, 0.15) is 38.3 Å². The summed E-state index contributed by atoms with van der Waals surface area (Å²) in [6.45, 7) is 5.95. The Morgan fingerprint density at radius 3 is 2.42 bits per heavy atom. The van der Waals surface area contributed by atoms with Gasteiger partial charge in [0.1, 0.15) is 5.75 Å². The predicted molar refractivity (Wildman–Crippen MR) is 94.7 cm³/mol. The highest BCUT2D eigenvalue weighted by Crippen LogP contribution is 2.24. The number of ether oxygens (including phenoxy) is 1. The first kappa shape index (κ1) is 18.0. The summed E-state index contributed by atoms with van der Waals surface area (Å²) in [5.41, 5.74) is 0.446. The third-order valence-corrected chi connectivity index (χ3v) is 3.71. The second-order valence-electron chi connectivity index (χ2n) is 6.37. The molecule has 0 bridgehead atoms. The van der Waals surface area contributed by atoms with Gasteiger partial charge in [-0.05, 0) is 32.4 Å². The van der Waals surface area contributed by atoms with Crippen LogP contribution in [0.25, 0.3) is 0 Å². The van der Waals surface area contributed by atoms with Gasteiger partial charge in [0.15, 0.2) is 0 Å².